The molecule has 66 valence electrons. The van der Waals surface area contributed by atoms with Crippen molar-refractivity contribution in [1.82, 2.24) is 0 Å². The molecule has 0 spiro atoms. The average molecular weight is 158 g/mol. The first-order valence-corrected chi connectivity index (χ1v) is 4.53. The molecule has 0 aromatic carbocycles. The molecule has 1 fully saturated rings. The lowest BCUT2D eigenvalue weighted by molar-refractivity contribution is -0.0728. The molecule has 0 heterocycles. The van der Waals surface area contributed by atoms with E-state index in [0.29, 0.717) is 12.2 Å². The molecule has 1 saturated carbocycles. The molecular weight excluding hydrogens is 140 g/mol. The Bertz CT molecular complexity index is 102. The summed E-state index contributed by atoms with van der Waals surface area (Å²) in [6, 6.07) is 0. The smallest absolute Gasteiger partial charge is 0.0836 e. The summed E-state index contributed by atoms with van der Waals surface area (Å²) in [7, 11) is 1.78. The average Bonchev–Trinajstić information content (AvgIpc) is 2.06. The van der Waals surface area contributed by atoms with Crippen molar-refractivity contribution in [2.24, 2.45) is 0 Å². The van der Waals surface area contributed by atoms with Gasteiger partial charge in [0.05, 0.1) is 12.2 Å². The second-order valence-electron chi connectivity index (χ2n) is 3.05. The lowest BCUT2D eigenvalue weighted by atomic mass is 9.95. The fourth-order valence-electron chi connectivity index (χ4n) is 1.74. The van der Waals surface area contributed by atoms with E-state index in [0.717, 1.165) is 6.61 Å². The molecule has 2 heteroatoms. The molecule has 11 heavy (non-hydrogen) atoms. The van der Waals surface area contributed by atoms with Crippen LogP contribution in [0.1, 0.15) is 32.6 Å². The summed E-state index contributed by atoms with van der Waals surface area (Å²) in [5, 5.41) is 0. The Morgan fingerprint density at radius 2 is 1.82 bits per heavy atom. The van der Waals surface area contributed by atoms with Crippen LogP contribution in [0.4, 0.5) is 0 Å². The van der Waals surface area contributed by atoms with Crippen LogP contribution in [0, 0.1) is 0 Å². The monoisotopic (exact) mass is 158 g/mol. The summed E-state index contributed by atoms with van der Waals surface area (Å²) in [6.07, 6.45) is 5.64. The Morgan fingerprint density at radius 1 is 1.18 bits per heavy atom. The molecule has 0 radical (unpaired) electrons. The molecule has 0 N–H and O–H groups in total. The van der Waals surface area contributed by atoms with Crippen LogP contribution in [-0.2, 0) is 9.47 Å². The molecule has 0 aromatic heterocycles. The highest BCUT2D eigenvalue weighted by Crippen LogP contribution is 2.22. The molecule has 2 atom stereocenters. The quantitative estimate of drug-likeness (QED) is 0.625. The minimum absolute atomic E-state index is 0.351. The molecular formula is C9H18O2. The maximum Gasteiger partial charge on any atom is 0.0836 e. The van der Waals surface area contributed by atoms with Gasteiger partial charge in [-0.25, -0.2) is 0 Å². The van der Waals surface area contributed by atoms with E-state index in [9.17, 15) is 0 Å². The lowest BCUT2D eigenvalue weighted by Gasteiger charge is -2.29. The van der Waals surface area contributed by atoms with Gasteiger partial charge < -0.3 is 9.47 Å². The van der Waals surface area contributed by atoms with Crippen molar-refractivity contribution < 1.29 is 9.47 Å². The normalized spacial score (nSPS) is 32.2. The van der Waals surface area contributed by atoms with Gasteiger partial charge in [-0.05, 0) is 19.8 Å². The van der Waals surface area contributed by atoms with Gasteiger partial charge in [0.1, 0.15) is 0 Å². The number of ether oxygens (including phenoxy) is 2. The van der Waals surface area contributed by atoms with E-state index in [2.05, 4.69) is 0 Å². The van der Waals surface area contributed by atoms with Crippen LogP contribution in [0.25, 0.3) is 0 Å². The van der Waals surface area contributed by atoms with Gasteiger partial charge in [0.2, 0.25) is 0 Å². The maximum atomic E-state index is 5.56. The van der Waals surface area contributed by atoms with Crippen LogP contribution in [0.3, 0.4) is 0 Å². The Morgan fingerprint density at radius 3 is 2.36 bits per heavy atom. The second-order valence-corrected chi connectivity index (χ2v) is 3.05. The fourth-order valence-corrected chi connectivity index (χ4v) is 1.74. The molecule has 0 amide bonds. The van der Waals surface area contributed by atoms with E-state index in [-0.39, 0.29) is 0 Å². The summed E-state index contributed by atoms with van der Waals surface area (Å²) in [6.45, 7) is 2.85. The zero-order chi connectivity index (χ0) is 8.10. The first-order valence-electron chi connectivity index (χ1n) is 4.53. The molecule has 0 saturated heterocycles. The van der Waals surface area contributed by atoms with Gasteiger partial charge in [-0.2, -0.15) is 0 Å². The highest BCUT2D eigenvalue weighted by atomic mass is 16.5. The van der Waals surface area contributed by atoms with Gasteiger partial charge in [0.15, 0.2) is 0 Å². The number of methoxy groups -OCH3 is 1. The summed E-state index contributed by atoms with van der Waals surface area (Å²) >= 11 is 0. The SMILES string of the molecule is CCOC1CCCC[C@@H]1OC. The van der Waals surface area contributed by atoms with E-state index in [4.69, 9.17) is 9.47 Å². The molecule has 0 aliphatic heterocycles. The van der Waals surface area contributed by atoms with Gasteiger partial charge >= 0.3 is 0 Å². The summed E-state index contributed by atoms with van der Waals surface area (Å²) in [5.74, 6) is 0. The zero-order valence-electron chi connectivity index (χ0n) is 7.51. The third-order valence-corrected chi connectivity index (χ3v) is 2.33. The Kier molecular flexibility index (Phi) is 3.87. The molecule has 2 nitrogen and oxygen atoms in total. The zero-order valence-corrected chi connectivity index (χ0v) is 7.51. The van der Waals surface area contributed by atoms with Gasteiger partial charge in [-0.3, -0.25) is 0 Å². The van der Waals surface area contributed by atoms with E-state index in [1.54, 1.807) is 7.11 Å². The van der Waals surface area contributed by atoms with Gasteiger partial charge in [-0.15, -0.1) is 0 Å². The molecule has 1 aliphatic rings. The van der Waals surface area contributed by atoms with Crippen molar-refractivity contribution in [3.63, 3.8) is 0 Å². The van der Waals surface area contributed by atoms with Crippen molar-refractivity contribution in [3.05, 3.63) is 0 Å². The van der Waals surface area contributed by atoms with Gasteiger partial charge in [0.25, 0.3) is 0 Å². The van der Waals surface area contributed by atoms with Crippen LogP contribution >= 0.6 is 0 Å². The van der Waals surface area contributed by atoms with Crippen molar-refractivity contribution in [2.45, 2.75) is 44.8 Å². The highest BCUT2D eigenvalue weighted by molar-refractivity contribution is 4.75. The minimum atomic E-state index is 0.351. The predicted molar refractivity (Wildman–Crippen MR) is 44.7 cm³/mol. The molecule has 1 unspecified atom stereocenters. The van der Waals surface area contributed by atoms with E-state index in [1.807, 2.05) is 6.92 Å². The number of hydrogen-bond donors (Lipinski definition) is 0. The fraction of sp³-hybridized carbons (Fsp3) is 1.00. The van der Waals surface area contributed by atoms with Crippen molar-refractivity contribution >= 4 is 0 Å². The van der Waals surface area contributed by atoms with Crippen molar-refractivity contribution in [2.75, 3.05) is 13.7 Å². The molecule has 0 aromatic rings. The van der Waals surface area contributed by atoms with E-state index < -0.39 is 0 Å². The first-order chi connectivity index (χ1) is 5.38. The maximum absolute atomic E-state index is 5.56. The Hall–Kier alpha value is -0.0800. The Balaban J connectivity index is 2.31. The van der Waals surface area contributed by atoms with Crippen LogP contribution in [-0.4, -0.2) is 25.9 Å². The van der Waals surface area contributed by atoms with Crippen LogP contribution in [0.5, 0.6) is 0 Å². The first kappa shape index (κ1) is 9.01. The number of rotatable bonds is 3. The summed E-state index contributed by atoms with van der Waals surface area (Å²) < 4.78 is 10.9. The standard InChI is InChI=1S/C9H18O2/c1-3-11-9-7-5-4-6-8(9)10-2/h8-9H,3-7H2,1-2H3/t8-,9?/m0/s1. The van der Waals surface area contributed by atoms with Crippen molar-refractivity contribution in [1.29, 1.82) is 0 Å². The van der Waals surface area contributed by atoms with Gasteiger partial charge in [-0.1, -0.05) is 12.8 Å². The molecule has 1 rings (SSSR count). The molecule has 0 bridgehead atoms. The minimum Gasteiger partial charge on any atom is -0.379 e. The second kappa shape index (κ2) is 4.73. The van der Waals surface area contributed by atoms with E-state index in [1.165, 1.54) is 25.7 Å². The molecule has 1 aliphatic carbocycles. The van der Waals surface area contributed by atoms with Crippen LogP contribution in [0.15, 0.2) is 0 Å². The van der Waals surface area contributed by atoms with Crippen LogP contribution in [0.2, 0.25) is 0 Å². The highest BCUT2D eigenvalue weighted by Gasteiger charge is 2.24. The topological polar surface area (TPSA) is 18.5 Å². The van der Waals surface area contributed by atoms with E-state index >= 15 is 0 Å². The summed E-state index contributed by atoms with van der Waals surface area (Å²) in [4.78, 5) is 0. The van der Waals surface area contributed by atoms with Crippen LogP contribution < -0.4 is 0 Å². The van der Waals surface area contributed by atoms with Gasteiger partial charge in [0, 0.05) is 13.7 Å². The summed E-state index contributed by atoms with van der Waals surface area (Å²) in [5.41, 5.74) is 0. The third kappa shape index (κ3) is 2.46. The number of hydrogen-bond acceptors (Lipinski definition) is 2. The Labute approximate surface area is 68.9 Å². The largest absolute Gasteiger partial charge is 0.379 e. The predicted octanol–water partition coefficient (Wildman–Crippen LogP) is 1.98. The lowest BCUT2D eigenvalue weighted by Crippen LogP contribution is -2.33. The van der Waals surface area contributed by atoms with Crippen molar-refractivity contribution in [3.8, 4) is 0 Å². The third-order valence-electron chi connectivity index (χ3n) is 2.33.